The van der Waals surface area contributed by atoms with Gasteiger partial charge in [-0.2, -0.15) is 0 Å². The molecule has 1 aliphatic heterocycles. The fourth-order valence-corrected chi connectivity index (χ4v) is 4.65. The average molecular weight is 467 g/mol. The Morgan fingerprint density at radius 2 is 1.74 bits per heavy atom. The normalized spacial score (nSPS) is 19.7. The van der Waals surface area contributed by atoms with Crippen molar-refractivity contribution in [2.75, 3.05) is 19.8 Å². The van der Waals surface area contributed by atoms with E-state index >= 15 is 0 Å². The molecule has 0 spiro atoms. The average Bonchev–Trinajstić information content (AvgIpc) is 3.44. The minimum absolute atomic E-state index is 0.0254. The number of carboxylic acid groups (broad SMARTS) is 1. The lowest BCUT2D eigenvalue weighted by Crippen LogP contribution is -2.41. The molecule has 34 heavy (non-hydrogen) atoms. The Labute approximate surface area is 198 Å². The number of amides is 2. The molecule has 0 saturated carbocycles. The van der Waals surface area contributed by atoms with E-state index in [0.717, 1.165) is 22.3 Å². The van der Waals surface area contributed by atoms with Crippen LogP contribution in [0, 0.1) is 5.92 Å². The molecule has 1 unspecified atom stereocenters. The van der Waals surface area contributed by atoms with Crippen LogP contribution < -0.4 is 10.6 Å². The van der Waals surface area contributed by atoms with Gasteiger partial charge in [0, 0.05) is 24.9 Å². The van der Waals surface area contributed by atoms with Crippen molar-refractivity contribution in [1.82, 2.24) is 10.6 Å². The second kappa shape index (κ2) is 10.7. The molecule has 3 atom stereocenters. The summed E-state index contributed by atoms with van der Waals surface area (Å²) in [5.41, 5.74) is 4.61. The minimum atomic E-state index is -0.882. The summed E-state index contributed by atoms with van der Waals surface area (Å²) >= 11 is 0. The van der Waals surface area contributed by atoms with Crippen LogP contribution >= 0.6 is 0 Å². The van der Waals surface area contributed by atoms with E-state index in [0.29, 0.717) is 12.8 Å². The third-order valence-corrected chi connectivity index (χ3v) is 6.55. The number of ether oxygens (including phenoxy) is 2. The minimum Gasteiger partial charge on any atom is -0.481 e. The zero-order chi connectivity index (χ0) is 24.1. The Morgan fingerprint density at radius 3 is 2.32 bits per heavy atom. The maximum Gasteiger partial charge on any atom is 0.407 e. The van der Waals surface area contributed by atoms with Gasteiger partial charge in [0.15, 0.2) is 0 Å². The third kappa shape index (κ3) is 5.39. The van der Waals surface area contributed by atoms with Crippen LogP contribution in [0.2, 0.25) is 0 Å². The van der Waals surface area contributed by atoms with Gasteiger partial charge in [0.2, 0.25) is 5.91 Å². The topological polar surface area (TPSA) is 114 Å². The number of hydrogen-bond donors (Lipinski definition) is 3. The van der Waals surface area contributed by atoms with E-state index in [4.69, 9.17) is 14.6 Å². The molecule has 0 aromatic heterocycles. The van der Waals surface area contributed by atoms with Crippen LogP contribution in [-0.4, -0.2) is 55.0 Å². The van der Waals surface area contributed by atoms with Crippen molar-refractivity contribution in [2.24, 2.45) is 5.92 Å². The van der Waals surface area contributed by atoms with Crippen LogP contribution in [0.5, 0.6) is 0 Å². The molecule has 8 heteroatoms. The van der Waals surface area contributed by atoms with Crippen molar-refractivity contribution in [2.45, 2.75) is 44.2 Å². The van der Waals surface area contributed by atoms with E-state index < -0.39 is 18.0 Å². The van der Waals surface area contributed by atoms with Crippen LogP contribution in [0.4, 0.5) is 4.79 Å². The molecule has 2 aromatic rings. The van der Waals surface area contributed by atoms with Gasteiger partial charge in [0.25, 0.3) is 0 Å². The standard InChI is InChI=1S/C26H30N2O6/c1-2-17(12-24(29)27-13-18-11-16(14-33-18)25(30)31)28-26(32)34-15-23-21-9-5-3-7-19(21)20-8-4-6-10-22(20)23/h3-10,16-18,23H,2,11-15H2,1H3,(H,27,29)(H,28,32)(H,30,31)/t16-,17?,18-/m0/s1. The lowest BCUT2D eigenvalue weighted by atomic mass is 9.98. The lowest BCUT2D eigenvalue weighted by Gasteiger charge is -2.19. The van der Waals surface area contributed by atoms with Gasteiger partial charge in [-0.05, 0) is 35.1 Å². The summed E-state index contributed by atoms with van der Waals surface area (Å²) in [4.78, 5) is 35.8. The number of hydrogen-bond acceptors (Lipinski definition) is 5. The number of rotatable bonds is 9. The second-order valence-electron chi connectivity index (χ2n) is 8.81. The van der Waals surface area contributed by atoms with Crippen molar-refractivity contribution in [3.8, 4) is 11.1 Å². The van der Waals surface area contributed by atoms with Gasteiger partial charge in [0.1, 0.15) is 6.61 Å². The van der Waals surface area contributed by atoms with Crippen LogP contribution in [-0.2, 0) is 19.1 Å². The van der Waals surface area contributed by atoms with Crippen molar-refractivity contribution in [3.05, 3.63) is 59.7 Å². The predicted molar refractivity (Wildman–Crippen MR) is 125 cm³/mol. The molecule has 0 radical (unpaired) electrons. The molecule has 1 saturated heterocycles. The summed E-state index contributed by atoms with van der Waals surface area (Å²) in [7, 11) is 0. The Kier molecular flexibility index (Phi) is 7.47. The number of carbonyl (C=O) groups is 3. The summed E-state index contributed by atoms with van der Waals surface area (Å²) in [5.74, 6) is -1.66. The smallest absolute Gasteiger partial charge is 0.407 e. The number of alkyl carbamates (subject to hydrolysis) is 1. The molecule has 2 aromatic carbocycles. The maximum absolute atomic E-state index is 12.5. The monoisotopic (exact) mass is 466 g/mol. The number of nitrogens with one attached hydrogen (secondary N) is 2. The molecule has 3 N–H and O–H groups in total. The van der Waals surface area contributed by atoms with Gasteiger partial charge in [-0.1, -0.05) is 55.5 Å². The molecule has 1 aliphatic carbocycles. The lowest BCUT2D eigenvalue weighted by molar-refractivity contribution is -0.141. The first-order valence-electron chi connectivity index (χ1n) is 11.7. The molecule has 4 rings (SSSR count). The highest BCUT2D eigenvalue weighted by Gasteiger charge is 2.31. The van der Waals surface area contributed by atoms with Gasteiger partial charge in [-0.3, -0.25) is 9.59 Å². The Bertz CT molecular complexity index is 1010. The second-order valence-corrected chi connectivity index (χ2v) is 8.81. The highest BCUT2D eigenvalue weighted by molar-refractivity contribution is 5.79. The molecule has 2 aliphatic rings. The Hall–Kier alpha value is -3.39. The summed E-state index contributed by atoms with van der Waals surface area (Å²) in [6, 6.07) is 15.9. The number of fused-ring (bicyclic) bond motifs is 3. The van der Waals surface area contributed by atoms with Gasteiger partial charge in [0.05, 0.1) is 18.6 Å². The molecule has 2 amide bonds. The molecule has 180 valence electrons. The quantitative estimate of drug-likeness (QED) is 0.523. The number of aliphatic carboxylic acids is 1. The van der Waals surface area contributed by atoms with E-state index in [1.807, 2.05) is 31.2 Å². The summed E-state index contributed by atoms with van der Waals surface area (Å²) < 4.78 is 11.0. The first kappa shape index (κ1) is 23.8. The van der Waals surface area contributed by atoms with Crippen molar-refractivity contribution >= 4 is 18.0 Å². The largest absolute Gasteiger partial charge is 0.481 e. The number of benzene rings is 2. The summed E-state index contributed by atoms with van der Waals surface area (Å²) in [6.45, 7) is 2.52. The van der Waals surface area contributed by atoms with E-state index in [1.54, 1.807) is 0 Å². The first-order valence-corrected chi connectivity index (χ1v) is 11.7. The third-order valence-electron chi connectivity index (χ3n) is 6.55. The zero-order valence-corrected chi connectivity index (χ0v) is 19.2. The Morgan fingerprint density at radius 1 is 1.09 bits per heavy atom. The van der Waals surface area contributed by atoms with Crippen molar-refractivity contribution in [1.29, 1.82) is 0 Å². The molecule has 8 nitrogen and oxygen atoms in total. The maximum atomic E-state index is 12.5. The summed E-state index contributed by atoms with van der Waals surface area (Å²) in [5, 5.41) is 14.6. The van der Waals surface area contributed by atoms with E-state index in [2.05, 4.69) is 34.9 Å². The molecule has 0 bridgehead atoms. The van der Waals surface area contributed by atoms with Crippen LogP contribution in [0.15, 0.2) is 48.5 Å². The van der Waals surface area contributed by atoms with Crippen LogP contribution in [0.1, 0.15) is 43.2 Å². The van der Waals surface area contributed by atoms with Gasteiger partial charge < -0.3 is 25.2 Å². The highest BCUT2D eigenvalue weighted by atomic mass is 16.5. The molecule has 1 fully saturated rings. The van der Waals surface area contributed by atoms with E-state index in [-0.39, 0.29) is 50.2 Å². The fourth-order valence-electron chi connectivity index (χ4n) is 4.65. The van der Waals surface area contributed by atoms with E-state index in [1.165, 1.54) is 0 Å². The zero-order valence-electron chi connectivity index (χ0n) is 19.2. The first-order chi connectivity index (χ1) is 16.5. The fraction of sp³-hybridized carbons (Fsp3) is 0.423. The summed E-state index contributed by atoms with van der Waals surface area (Å²) in [6.07, 6.45) is 0.198. The Balaban J connectivity index is 1.25. The predicted octanol–water partition coefficient (Wildman–Crippen LogP) is 3.30. The highest BCUT2D eigenvalue weighted by Crippen LogP contribution is 2.44. The van der Waals surface area contributed by atoms with Crippen molar-refractivity contribution < 1.29 is 29.0 Å². The molecular formula is C26H30N2O6. The van der Waals surface area contributed by atoms with Crippen molar-refractivity contribution in [3.63, 3.8) is 0 Å². The van der Waals surface area contributed by atoms with Crippen LogP contribution in [0.25, 0.3) is 11.1 Å². The molecule has 1 heterocycles. The van der Waals surface area contributed by atoms with Gasteiger partial charge in [-0.15, -0.1) is 0 Å². The van der Waals surface area contributed by atoms with Crippen LogP contribution in [0.3, 0.4) is 0 Å². The molecular weight excluding hydrogens is 436 g/mol. The number of carbonyl (C=O) groups excluding carboxylic acids is 2. The number of carboxylic acids is 1. The van der Waals surface area contributed by atoms with E-state index in [9.17, 15) is 14.4 Å². The van der Waals surface area contributed by atoms with Gasteiger partial charge >= 0.3 is 12.1 Å². The SMILES string of the molecule is CCC(CC(=O)NC[C@@H]1C[C@H](C(=O)O)CO1)NC(=O)OCC1c2ccccc2-c2ccccc21. The van der Waals surface area contributed by atoms with Gasteiger partial charge in [-0.25, -0.2) is 4.79 Å².